The number of amides is 1. The molecule has 0 aliphatic heterocycles. The molecule has 20 heavy (non-hydrogen) atoms. The van der Waals surface area contributed by atoms with Gasteiger partial charge in [0.15, 0.2) is 0 Å². The lowest BCUT2D eigenvalue weighted by Gasteiger charge is -2.09. The third-order valence-corrected chi connectivity index (χ3v) is 2.73. The van der Waals surface area contributed by atoms with E-state index in [-0.39, 0.29) is 5.91 Å². The Balaban J connectivity index is 2.30. The average molecular weight is 279 g/mol. The molecule has 0 aliphatic carbocycles. The van der Waals surface area contributed by atoms with Crippen LogP contribution in [0.5, 0.6) is 0 Å². The molecule has 104 valence electrons. The van der Waals surface area contributed by atoms with Gasteiger partial charge in [0.1, 0.15) is 0 Å². The molecule has 1 N–H and O–H groups in total. The van der Waals surface area contributed by atoms with Crippen molar-refractivity contribution in [2.24, 2.45) is 0 Å². The fraction of sp³-hybridized carbons (Fsp3) is 0.133. The predicted octanol–water partition coefficient (Wildman–Crippen LogP) is 4.33. The summed E-state index contributed by atoms with van der Waals surface area (Å²) in [6.07, 6.45) is -4.36. The summed E-state index contributed by atoms with van der Waals surface area (Å²) in [5, 5.41) is 2.60. The second kappa shape index (κ2) is 5.36. The SMILES string of the molecule is CC(=O)Nc1ccc(-c2cccc(C(F)(F)F)c2)cc1. The Morgan fingerprint density at radius 3 is 2.20 bits per heavy atom. The molecule has 2 aromatic rings. The van der Waals surface area contributed by atoms with Crippen molar-refractivity contribution in [1.82, 2.24) is 0 Å². The summed E-state index contributed by atoms with van der Waals surface area (Å²) in [7, 11) is 0. The molecule has 5 heteroatoms. The number of benzene rings is 2. The van der Waals surface area contributed by atoms with Gasteiger partial charge in [0.05, 0.1) is 5.56 Å². The number of hydrogen-bond donors (Lipinski definition) is 1. The van der Waals surface area contributed by atoms with Gasteiger partial charge in [-0.3, -0.25) is 4.79 Å². The summed E-state index contributed by atoms with van der Waals surface area (Å²) in [5.74, 6) is -0.197. The molecule has 0 spiro atoms. The Hall–Kier alpha value is -2.30. The number of halogens is 3. The maximum absolute atomic E-state index is 12.6. The lowest BCUT2D eigenvalue weighted by Crippen LogP contribution is -2.05. The van der Waals surface area contributed by atoms with E-state index in [1.165, 1.54) is 13.0 Å². The van der Waals surface area contributed by atoms with E-state index in [4.69, 9.17) is 0 Å². The second-order valence-corrected chi connectivity index (χ2v) is 4.34. The summed E-state index contributed by atoms with van der Waals surface area (Å²) in [6.45, 7) is 1.39. The molecule has 0 bridgehead atoms. The Labute approximate surface area is 114 Å². The zero-order valence-electron chi connectivity index (χ0n) is 10.7. The summed E-state index contributed by atoms with van der Waals surface area (Å²) in [4.78, 5) is 10.9. The first-order valence-corrected chi connectivity index (χ1v) is 5.91. The Kier molecular flexibility index (Phi) is 3.79. The van der Waals surface area contributed by atoms with Crippen LogP contribution in [0.15, 0.2) is 48.5 Å². The van der Waals surface area contributed by atoms with Crippen LogP contribution in [0.1, 0.15) is 12.5 Å². The monoisotopic (exact) mass is 279 g/mol. The zero-order valence-corrected chi connectivity index (χ0v) is 10.7. The molecular formula is C15H12F3NO. The molecule has 2 nitrogen and oxygen atoms in total. The van der Waals surface area contributed by atoms with E-state index in [1.807, 2.05) is 0 Å². The van der Waals surface area contributed by atoms with Crippen molar-refractivity contribution >= 4 is 11.6 Å². The van der Waals surface area contributed by atoms with Gasteiger partial charge in [-0.15, -0.1) is 0 Å². The van der Waals surface area contributed by atoms with E-state index in [9.17, 15) is 18.0 Å². The summed E-state index contributed by atoms with van der Waals surface area (Å²) in [6, 6.07) is 11.8. The first-order valence-electron chi connectivity index (χ1n) is 5.91. The molecule has 1 amide bonds. The normalized spacial score (nSPS) is 11.2. The van der Waals surface area contributed by atoms with E-state index in [2.05, 4.69) is 5.32 Å². The minimum atomic E-state index is -4.36. The van der Waals surface area contributed by atoms with E-state index in [0.29, 0.717) is 16.8 Å². The smallest absolute Gasteiger partial charge is 0.326 e. The van der Waals surface area contributed by atoms with E-state index in [0.717, 1.165) is 12.1 Å². The molecule has 0 radical (unpaired) electrons. The lowest BCUT2D eigenvalue weighted by atomic mass is 10.0. The van der Waals surface area contributed by atoms with Crippen LogP contribution >= 0.6 is 0 Å². The number of carbonyl (C=O) groups excluding carboxylic acids is 1. The van der Waals surface area contributed by atoms with Crippen molar-refractivity contribution in [1.29, 1.82) is 0 Å². The van der Waals surface area contributed by atoms with Gasteiger partial charge >= 0.3 is 6.18 Å². The van der Waals surface area contributed by atoms with Gasteiger partial charge in [-0.05, 0) is 35.4 Å². The van der Waals surface area contributed by atoms with Crippen molar-refractivity contribution in [3.05, 3.63) is 54.1 Å². The fourth-order valence-corrected chi connectivity index (χ4v) is 1.82. The highest BCUT2D eigenvalue weighted by Gasteiger charge is 2.30. The van der Waals surface area contributed by atoms with Gasteiger partial charge in [-0.1, -0.05) is 24.3 Å². The van der Waals surface area contributed by atoms with Crippen LogP contribution in [0.4, 0.5) is 18.9 Å². The largest absolute Gasteiger partial charge is 0.416 e. The van der Waals surface area contributed by atoms with Crippen molar-refractivity contribution in [3.8, 4) is 11.1 Å². The molecule has 0 saturated heterocycles. The molecule has 0 unspecified atom stereocenters. The number of anilines is 1. The third-order valence-electron chi connectivity index (χ3n) is 2.73. The molecule has 2 rings (SSSR count). The molecule has 0 saturated carbocycles. The molecule has 0 aliphatic rings. The number of carbonyl (C=O) groups is 1. The highest BCUT2D eigenvalue weighted by atomic mass is 19.4. The minimum absolute atomic E-state index is 0.197. The van der Waals surface area contributed by atoms with Crippen LogP contribution in [0, 0.1) is 0 Å². The first kappa shape index (κ1) is 14.1. The minimum Gasteiger partial charge on any atom is -0.326 e. The van der Waals surface area contributed by atoms with Crippen LogP contribution in [-0.4, -0.2) is 5.91 Å². The molecule has 2 aromatic carbocycles. The van der Waals surface area contributed by atoms with Crippen molar-refractivity contribution in [3.63, 3.8) is 0 Å². The quantitative estimate of drug-likeness (QED) is 0.871. The topological polar surface area (TPSA) is 29.1 Å². The van der Waals surface area contributed by atoms with Crippen molar-refractivity contribution in [2.45, 2.75) is 13.1 Å². The predicted molar refractivity (Wildman–Crippen MR) is 71.2 cm³/mol. The van der Waals surface area contributed by atoms with Crippen LogP contribution in [0.3, 0.4) is 0 Å². The molecular weight excluding hydrogens is 267 g/mol. The summed E-state index contributed by atoms with van der Waals surface area (Å²) >= 11 is 0. The van der Waals surface area contributed by atoms with Gasteiger partial charge < -0.3 is 5.32 Å². The van der Waals surface area contributed by atoms with Gasteiger partial charge in [-0.25, -0.2) is 0 Å². The maximum Gasteiger partial charge on any atom is 0.416 e. The Morgan fingerprint density at radius 1 is 1.00 bits per heavy atom. The highest BCUT2D eigenvalue weighted by Crippen LogP contribution is 2.32. The first-order chi connectivity index (χ1) is 9.36. The average Bonchev–Trinajstić information content (AvgIpc) is 2.38. The van der Waals surface area contributed by atoms with Crippen LogP contribution in [0.2, 0.25) is 0 Å². The third kappa shape index (κ3) is 3.38. The van der Waals surface area contributed by atoms with E-state index < -0.39 is 11.7 Å². The van der Waals surface area contributed by atoms with E-state index >= 15 is 0 Å². The lowest BCUT2D eigenvalue weighted by molar-refractivity contribution is -0.137. The van der Waals surface area contributed by atoms with Gasteiger partial charge in [0.2, 0.25) is 5.91 Å². The molecule has 0 aromatic heterocycles. The van der Waals surface area contributed by atoms with E-state index in [1.54, 1.807) is 30.3 Å². The highest BCUT2D eigenvalue weighted by molar-refractivity contribution is 5.89. The molecule has 0 fully saturated rings. The summed E-state index contributed by atoms with van der Waals surface area (Å²) < 4.78 is 37.9. The number of alkyl halides is 3. The number of rotatable bonds is 2. The van der Waals surface area contributed by atoms with Crippen LogP contribution < -0.4 is 5.32 Å². The molecule has 0 heterocycles. The number of hydrogen-bond acceptors (Lipinski definition) is 1. The Morgan fingerprint density at radius 2 is 1.65 bits per heavy atom. The number of nitrogens with one attached hydrogen (secondary N) is 1. The molecule has 0 atom stereocenters. The zero-order chi connectivity index (χ0) is 14.8. The van der Waals surface area contributed by atoms with Crippen LogP contribution in [0.25, 0.3) is 11.1 Å². The second-order valence-electron chi connectivity index (χ2n) is 4.34. The van der Waals surface area contributed by atoms with Gasteiger partial charge in [0, 0.05) is 12.6 Å². The summed E-state index contributed by atoms with van der Waals surface area (Å²) in [5.41, 5.74) is 1.06. The van der Waals surface area contributed by atoms with Crippen molar-refractivity contribution < 1.29 is 18.0 Å². The van der Waals surface area contributed by atoms with Gasteiger partial charge in [0.25, 0.3) is 0 Å². The standard InChI is InChI=1S/C15H12F3NO/c1-10(20)19-14-7-5-11(6-8-14)12-3-2-4-13(9-12)15(16,17)18/h2-9H,1H3,(H,19,20). The van der Waals surface area contributed by atoms with Crippen LogP contribution in [-0.2, 0) is 11.0 Å². The maximum atomic E-state index is 12.6. The fourth-order valence-electron chi connectivity index (χ4n) is 1.82. The van der Waals surface area contributed by atoms with Gasteiger partial charge in [-0.2, -0.15) is 13.2 Å². The Bertz CT molecular complexity index is 618. The van der Waals surface area contributed by atoms with Crippen molar-refractivity contribution in [2.75, 3.05) is 5.32 Å².